The number of hydrogen-bond acceptors (Lipinski definition) is 9. The zero-order valence-electron chi connectivity index (χ0n) is 24.8. The van der Waals surface area contributed by atoms with Gasteiger partial charge in [-0.15, -0.1) is 0 Å². The minimum Gasteiger partial charge on any atom is -0.465 e. The van der Waals surface area contributed by atoms with Crippen LogP contribution in [0.3, 0.4) is 0 Å². The van der Waals surface area contributed by atoms with E-state index in [0.29, 0.717) is 63.0 Å². The highest BCUT2D eigenvalue weighted by Crippen LogP contribution is 2.32. The molecule has 2 amide bonds. The van der Waals surface area contributed by atoms with E-state index in [1.54, 1.807) is 34.9 Å². The Kier molecular flexibility index (Phi) is 8.41. The topological polar surface area (TPSA) is 156 Å². The molecule has 6 rings (SSSR count). The fourth-order valence-corrected chi connectivity index (χ4v) is 6.01. The summed E-state index contributed by atoms with van der Waals surface area (Å²) >= 11 is 0. The van der Waals surface area contributed by atoms with Crippen molar-refractivity contribution in [2.24, 2.45) is 0 Å². The quantitative estimate of drug-likeness (QED) is 0.314. The van der Waals surface area contributed by atoms with Crippen LogP contribution >= 0.6 is 0 Å². The molecule has 0 aromatic carbocycles. The minimum atomic E-state index is -0.937. The third kappa shape index (κ3) is 6.19. The van der Waals surface area contributed by atoms with Crippen LogP contribution in [0.15, 0.2) is 48.9 Å². The fraction of sp³-hybridized carbons (Fsp3) is 0.387. The van der Waals surface area contributed by atoms with E-state index >= 15 is 4.39 Å². The first-order chi connectivity index (χ1) is 21.8. The number of aromatic nitrogens is 5. The molecule has 0 bridgehead atoms. The van der Waals surface area contributed by atoms with Crippen molar-refractivity contribution in [2.45, 2.75) is 44.2 Å². The predicted molar refractivity (Wildman–Crippen MR) is 164 cm³/mol. The number of pyridine rings is 2. The van der Waals surface area contributed by atoms with E-state index in [4.69, 9.17) is 5.26 Å². The summed E-state index contributed by atoms with van der Waals surface area (Å²) in [6.45, 7) is 2.19. The molecule has 45 heavy (non-hydrogen) atoms. The fourth-order valence-electron chi connectivity index (χ4n) is 6.01. The Bertz CT molecular complexity index is 1750. The number of piperidine rings is 2. The lowest BCUT2D eigenvalue weighted by Gasteiger charge is -2.36. The minimum absolute atomic E-state index is 0.0126. The molecule has 4 aromatic rings. The van der Waals surface area contributed by atoms with Crippen LogP contribution in [-0.4, -0.2) is 96.8 Å². The molecule has 2 saturated heterocycles. The summed E-state index contributed by atoms with van der Waals surface area (Å²) in [5.41, 5.74) is 1.94. The third-order valence-electron chi connectivity index (χ3n) is 8.52. The summed E-state index contributed by atoms with van der Waals surface area (Å²) in [5, 5.41) is 25.9. The number of carboxylic acid groups (broad SMARTS) is 1. The summed E-state index contributed by atoms with van der Waals surface area (Å²) in [6.07, 6.45) is 6.70. The second-order valence-corrected chi connectivity index (χ2v) is 11.3. The van der Waals surface area contributed by atoms with Crippen LogP contribution in [0, 0.1) is 17.1 Å². The molecular formula is C31H33FN10O3. The largest absolute Gasteiger partial charge is 0.465 e. The van der Waals surface area contributed by atoms with Crippen molar-refractivity contribution in [2.75, 3.05) is 43.4 Å². The number of carbonyl (C=O) groups is 2. The van der Waals surface area contributed by atoms with Crippen LogP contribution in [0.5, 0.6) is 0 Å². The number of carbonyl (C=O) groups excluding carboxylic acids is 1. The molecule has 0 spiro atoms. The molecule has 232 valence electrons. The van der Waals surface area contributed by atoms with Gasteiger partial charge in [0, 0.05) is 63.3 Å². The average Bonchev–Trinajstić information content (AvgIpc) is 3.50. The van der Waals surface area contributed by atoms with Gasteiger partial charge in [0.15, 0.2) is 17.5 Å². The van der Waals surface area contributed by atoms with Gasteiger partial charge in [0.2, 0.25) is 5.91 Å². The van der Waals surface area contributed by atoms with Crippen LogP contribution < -0.4 is 10.2 Å². The van der Waals surface area contributed by atoms with Crippen molar-refractivity contribution >= 4 is 29.2 Å². The Morgan fingerprint density at radius 3 is 2.69 bits per heavy atom. The molecule has 0 unspecified atom stereocenters. The van der Waals surface area contributed by atoms with Gasteiger partial charge in [-0.05, 0) is 49.9 Å². The number of likely N-dealkylation sites (tertiary alicyclic amines) is 1. The monoisotopic (exact) mass is 612 g/mol. The van der Waals surface area contributed by atoms with Gasteiger partial charge in [-0.3, -0.25) is 4.79 Å². The van der Waals surface area contributed by atoms with E-state index in [2.05, 4.69) is 30.3 Å². The molecule has 14 heteroatoms. The molecule has 0 aliphatic carbocycles. The van der Waals surface area contributed by atoms with Crippen molar-refractivity contribution in [3.8, 4) is 28.7 Å². The molecule has 4 aromatic heterocycles. The Hall–Kier alpha value is -5.32. The summed E-state index contributed by atoms with van der Waals surface area (Å²) in [5.74, 6) is 0.137. The molecule has 0 saturated carbocycles. The number of fused-ring (bicyclic) bond motifs is 1. The number of anilines is 2. The molecule has 2 aliphatic rings. The van der Waals surface area contributed by atoms with E-state index in [1.807, 2.05) is 36.5 Å². The van der Waals surface area contributed by atoms with Gasteiger partial charge < -0.3 is 25.1 Å². The van der Waals surface area contributed by atoms with Crippen molar-refractivity contribution < 1.29 is 19.1 Å². The molecular weight excluding hydrogens is 579 g/mol. The van der Waals surface area contributed by atoms with Crippen LogP contribution in [0.4, 0.5) is 20.8 Å². The normalized spacial score (nSPS) is 17.2. The van der Waals surface area contributed by atoms with E-state index in [0.717, 1.165) is 11.3 Å². The molecule has 2 aliphatic heterocycles. The average molecular weight is 613 g/mol. The number of nitriles is 1. The van der Waals surface area contributed by atoms with Gasteiger partial charge in [-0.2, -0.15) is 10.4 Å². The maximum Gasteiger partial charge on any atom is 0.407 e. The molecule has 6 heterocycles. The van der Waals surface area contributed by atoms with Gasteiger partial charge in [0.05, 0.1) is 23.3 Å². The lowest BCUT2D eigenvalue weighted by atomic mass is 10.0. The number of halogens is 1. The maximum atomic E-state index is 16.2. The summed E-state index contributed by atoms with van der Waals surface area (Å²) in [7, 11) is 1.59. The van der Waals surface area contributed by atoms with Crippen LogP contribution in [0.25, 0.3) is 28.2 Å². The second-order valence-electron chi connectivity index (χ2n) is 11.3. The Labute approximate surface area is 258 Å². The van der Waals surface area contributed by atoms with Crippen molar-refractivity contribution in [3.63, 3.8) is 0 Å². The molecule has 2 N–H and O–H groups in total. The first-order valence-corrected chi connectivity index (χ1v) is 14.9. The predicted octanol–water partition coefficient (Wildman–Crippen LogP) is 3.89. The van der Waals surface area contributed by atoms with Gasteiger partial charge in [0.1, 0.15) is 17.9 Å². The van der Waals surface area contributed by atoms with Crippen molar-refractivity contribution in [1.29, 1.82) is 5.26 Å². The number of amides is 2. The van der Waals surface area contributed by atoms with E-state index < -0.39 is 11.9 Å². The Balaban J connectivity index is 1.30. The Morgan fingerprint density at radius 2 is 1.96 bits per heavy atom. The highest BCUT2D eigenvalue weighted by molar-refractivity contribution is 5.79. The maximum absolute atomic E-state index is 16.2. The standard InChI is InChI=1S/C31H33FN10O3/c1-39(31(44)45)22-10-15-40(16-11-22)25-8-7-20(17-34-25)28-27(32)30(36-21-5-4-13-41(19-21)26(43)9-12-33)38-29(37-28)23-18-35-42-14-3-2-6-24(23)42/h2-3,6-8,14,17-18,21-22H,4-5,9-11,13,15-16,19H2,1H3,(H,44,45)(H,36,37,38)/t21-/m1/s1. The third-order valence-corrected chi connectivity index (χ3v) is 8.52. The first kappa shape index (κ1) is 29.7. The van der Waals surface area contributed by atoms with E-state index in [1.165, 1.54) is 4.90 Å². The van der Waals surface area contributed by atoms with Gasteiger partial charge in [-0.25, -0.2) is 28.7 Å². The molecule has 1 atom stereocenters. The number of hydrogen-bond donors (Lipinski definition) is 2. The highest BCUT2D eigenvalue weighted by Gasteiger charge is 2.28. The smallest absolute Gasteiger partial charge is 0.407 e. The van der Waals surface area contributed by atoms with Gasteiger partial charge >= 0.3 is 6.09 Å². The van der Waals surface area contributed by atoms with E-state index in [-0.39, 0.29) is 41.7 Å². The number of rotatable bonds is 7. The van der Waals surface area contributed by atoms with Crippen LogP contribution in [-0.2, 0) is 4.79 Å². The first-order valence-electron chi connectivity index (χ1n) is 14.9. The lowest BCUT2D eigenvalue weighted by Crippen LogP contribution is -2.45. The Morgan fingerprint density at radius 1 is 1.13 bits per heavy atom. The molecule has 0 radical (unpaired) electrons. The van der Waals surface area contributed by atoms with Crippen LogP contribution in [0.1, 0.15) is 32.1 Å². The van der Waals surface area contributed by atoms with Gasteiger partial charge in [0.25, 0.3) is 0 Å². The lowest BCUT2D eigenvalue weighted by molar-refractivity contribution is -0.131. The highest BCUT2D eigenvalue weighted by atomic mass is 19.1. The number of nitrogens with zero attached hydrogens (tertiary/aromatic N) is 9. The molecule has 13 nitrogen and oxygen atoms in total. The van der Waals surface area contributed by atoms with Gasteiger partial charge in [-0.1, -0.05) is 6.07 Å². The van der Waals surface area contributed by atoms with Crippen LogP contribution in [0.2, 0.25) is 0 Å². The second kappa shape index (κ2) is 12.7. The summed E-state index contributed by atoms with van der Waals surface area (Å²) in [4.78, 5) is 42.7. The SMILES string of the molecule is CN(C(=O)O)C1CCN(c2ccc(-c3nc(-c4cnn5ccccc45)nc(N[C@@H]4CCCN(C(=O)CC#N)C4)c3F)cn2)CC1. The zero-order valence-corrected chi connectivity index (χ0v) is 24.8. The summed E-state index contributed by atoms with van der Waals surface area (Å²) in [6, 6.07) is 10.8. The summed E-state index contributed by atoms with van der Waals surface area (Å²) < 4.78 is 17.9. The van der Waals surface area contributed by atoms with Crippen molar-refractivity contribution in [1.82, 2.24) is 34.4 Å². The zero-order chi connectivity index (χ0) is 31.5. The van der Waals surface area contributed by atoms with Crippen molar-refractivity contribution in [3.05, 3.63) is 54.7 Å². The molecule has 2 fully saturated rings. The van der Waals surface area contributed by atoms with E-state index in [9.17, 15) is 14.7 Å². The number of nitrogens with one attached hydrogen (secondary N) is 1.